The third kappa shape index (κ3) is 2.55. The summed E-state index contributed by atoms with van der Waals surface area (Å²) in [5, 5.41) is 20.9. The second-order valence-corrected chi connectivity index (χ2v) is 8.43. The van der Waals surface area contributed by atoms with Gasteiger partial charge < -0.3 is 28.8 Å². The Kier molecular flexibility index (Phi) is 4.09. The van der Waals surface area contributed by atoms with Gasteiger partial charge in [0.25, 0.3) is 0 Å². The molecule has 0 aromatic carbocycles. The number of ether oxygens (including phenoxy) is 5. The van der Waals surface area contributed by atoms with Gasteiger partial charge in [0, 0.05) is 25.7 Å². The molecular formula is C19H27NO6. The molecule has 5 atom stereocenters. The highest BCUT2D eigenvalue weighted by Crippen LogP contribution is 2.50. The normalized spacial score (nSPS) is 46.5. The van der Waals surface area contributed by atoms with Crippen LogP contribution in [0.4, 0.5) is 0 Å². The van der Waals surface area contributed by atoms with Gasteiger partial charge in [0.15, 0.2) is 24.0 Å². The Bertz CT molecular complexity index is 593. The van der Waals surface area contributed by atoms with E-state index in [0.29, 0.717) is 6.61 Å². The molecule has 0 aromatic rings. The van der Waals surface area contributed by atoms with E-state index in [2.05, 4.69) is 0 Å². The Hall–Kier alpha value is -0.750. The maximum absolute atomic E-state index is 11.2. The summed E-state index contributed by atoms with van der Waals surface area (Å²) in [6.07, 6.45) is 6.95. The lowest BCUT2D eigenvalue weighted by Crippen LogP contribution is -2.53. The minimum Gasteiger partial charge on any atom is -0.371 e. The van der Waals surface area contributed by atoms with Crippen LogP contribution < -0.4 is 0 Å². The van der Waals surface area contributed by atoms with Crippen molar-refractivity contribution in [3.63, 3.8) is 0 Å². The molecule has 1 unspecified atom stereocenters. The fraction of sp³-hybridized carbons (Fsp3) is 0.947. The van der Waals surface area contributed by atoms with Crippen molar-refractivity contribution in [1.82, 2.24) is 0 Å². The Morgan fingerprint density at radius 3 is 2.12 bits per heavy atom. The van der Waals surface area contributed by atoms with Crippen molar-refractivity contribution < 1.29 is 28.8 Å². The molecule has 1 N–H and O–H groups in total. The summed E-state index contributed by atoms with van der Waals surface area (Å²) >= 11 is 0. The first-order chi connectivity index (χ1) is 12.6. The van der Waals surface area contributed by atoms with Gasteiger partial charge in [-0.2, -0.15) is 5.26 Å². The van der Waals surface area contributed by atoms with Crippen molar-refractivity contribution in [3.05, 3.63) is 0 Å². The summed E-state index contributed by atoms with van der Waals surface area (Å²) in [4.78, 5) is 0. The molecule has 144 valence electrons. The summed E-state index contributed by atoms with van der Waals surface area (Å²) in [7, 11) is 0. The minimum absolute atomic E-state index is 0.319. The maximum atomic E-state index is 11.2. The van der Waals surface area contributed by atoms with Gasteiger partial charge in [-0.25, -0.2) is 0 Å². The lowest BCUT2D eigenvalue weighted by atomic mass is 9.90. The minimum atomic E-state index is -1.79. The zero-order valence-electron chi connectivity index (χ0n) is 15.0. The van der Waals surface area contributed by atoms with Crippen LogP contribution in [0.3, 0.4) is 0 Å². The van der Waals surface area contributed by atoms with Gasteiger partial charge >= 0.3 is 0 Å². The first-order valence-electron chi connectivity index (χ1n) is 10.0. The van der Waals surface area contributed by atoms with Crippen molar-refractivity contribution in [1.29, 1.82) is 5.26 Å². The molecular weight excluding hydrogens is 338 g/mol. The van der Waals surface area contributed by atoms with Gasteiger partial charge in [-0.15, -0.1) is 0 Å². The van der Waals surface area contributed by atoms with E-state index in [9.17, 15) is 10.4 Å². The van der Waals surface area contributed by atoms with E-state index in [1.54, 1.807) is 0 Å². The maximum Gasteiger partial charge on any atom is 0.211 e. The van der Waals surface area contributed by atoms with Crippen molar-refractivity contribution in [2.24, 2.45) is 0 Å². The first kappa shape index (κ1) is 17.4. The average molecular weight is 365 g/mol. The molecule has 0 aromatic heterocycles. The number of aliphatic hydroxyl groups is 1. The van der Waals surface area contributed by atoms with E-state index in [4.69, 9.17) is 23.7 Å². The van der Waals surface area contributed by atoms with E-state index in [1.165, 1.54) is 6.42 Å². The number of hydrogen-bond acceptors (Lipinski definition) is 7. The van der Waals surface area contributed by atoms with Gasteiger partial charge in [0.05, 0.1) is 6.61 Å². The summed E-state index contributed by atoms with van der Waals surface area (Å²) in [5.74, 6) is -1.28. The highest BCUT2D eigenvalue weighted by molar-refractivity contribution is 5.20. The first-order valence-corrected chi connectivity index (χ1v) is 10.0. The van der Waals surface area contributed by atoms with Crippen LogP contribution in [0.25, 0.3) is 0 Å². The molecule has 5 rings (SSSR count). The standard InChI is InChI=1S/C19H27NO6/c20-12-19(21)14(13-11-22-17(24-13)7-3-1-4-8-17)23-16-15(19)25-18(26-16)9-5-2-6-10-18/h13-16,21H,1-11H2/t13?,14-,15+,16-,19-/m1/s1. The molecule has 2 spiro atoms. The van der Waals surface area contributed by atoms with Crippen LogP contribution in [0.15, 0.2) is 0 Å². The summed E-state index contributed by atoms with van der Waals surface area (Å²) < 4.78 is 30.4. The quantitative estimate of drug-likeness (QED) is 0.712. The molecule has 0 amide bonds. The third-order valence-corrected chi connectivity index (χ3v) is 6.69. The number of nitrogens with zero attached hydrogens (tertiary/aromatic N) is 1. The molecule has 2 saturated carbocycles. The second kappa shape index (κ2) is 6.13. The number of hydrogen-bond donors (Lipinski definition) is 1. The highest BCUT2D eigenvalue weighted by Gasteiger charge is 2.68. The molecule has 2 aliphatic carbocycles. The van der Waals surface area contributed by atoms with Crippen molar-refractivity contribution >= 4 is 0 Å². The second-order valence-electron chi connectivity index (χ2n) is 8.43. The zero-order chi connectivity index (χ0) is 17.8. The smallest absolute Gasteiger partial charge is 0.211 e. The van der Waals surface area contributed by atoms with Crippen LogP contribution in [0.1, 0.15) is 64.2 Å². The summed E-state index contributed by atoms with van der Waals surface area (Å²) in [6, 6.07) is 2.04. The Balaban J connectivity index is 1.33. The average Bonchev–Trinajstić information content (AvgIpc) is 3.29. The number of fused-ring (bicyclic) bond motifs is 1. The Labute approximate surface area is 153 Å². The van der Waals surface area contributed by atoms with Gasteiger partial charge in [-0.1, -0.05) is 12.8 Å². The predicted octanol–water partition coefficient (Wildman–Crippen LogP) is 2.12. The van der Waals surface area contributed by atoms with E-state index in [1.807, 2.05) is 6.07 Å². The molecule has 7 heteroatoms. The third-order valence-electron chi connectivity index (χ3n) is 6.69. The van der Waals surface area contributed by atoms with Crippen LogP contribution in [0.5, 0.6) is 0 Å². The molecule has 5 aliphatic rings. The molecule has 0 bridgehead atoms. The lowest BCUT2D eigenvalue weighted by Gasteiger charge is -2.36. The fourth-order valence-electron chi connectivity index (χ4n) is 5.30. The Morgan fingerprint density at radius 1 is 0.808 bits per heavy atom. The molecule has 3 aliphatic heterocycles. The summed E-state index contributed by atoms with van der Waals surface area (Å²) in [5.41, 5.74) is -1.79. The van der Waals surface area contributed by atoms with Crippen molar-refractivity contribution in [2.75, 3.05) is 6.61 Å². The summed E-state index contributed by atoms with van der Waals surface area (Å²) in [6.45, 7) is 0.319. The van der Waals surface area contributed by atoms with Gasteiger partial charge in [0.1, 0.15) is 18.3 Å². The molecule has 26 heavy (non-hydrogen) atoms. The SMILES string of the molecule is N#C[C@@]1(O)[C@@H](C2COC3(CCCCC3)O2)O[C@@H]2OC3(CCCCC3)O[C@@H]21. The molecule has 5 fully saturated rings. The lowest BCUT2D eigenvalue weighted by molar-refractivity contribution is -0.266. The number of nitriles is 1. The molecule has 7 nitrogen and oxygen atoms in total. The van der Waals surface area contributed by atoms with Crippen molar-refractivity contribution in [2.45, 2.75) is 106 Å². The topological polar surface area (TPSA) is 90.2 Å². The van der Waals surface area contributed by atoms with Crippen LogP contribution >= 0.6 is 0 Å². The van der Waals surface area contributed by atoms with Gasteiger partial charge in [-0.3, -0.25) is 0 Å². The fourth-order valence-corrected chi connectivity index (χ4v) is 5.30. The van der Waals surface area contributed by atoms with Crippen LogP contribution in [-0.4, -0.2) is 53.5 Å². The van der Waals surface area contributed by atoms with Gasteiger partial charge in [-0.05, 0) is 25.7 Å². The van der Waals surface area contributed by atoms with E-state index >= 15 is 0 Å². The number of rotatable bonds is 1. The van der Waals surface area contributed by atoms with Crippen LogP contribution in [0.2, 0.25) is 0 Å². The zero-order valence-corrected chi connectivity index (χ0v) is 15.0. The monoisotopic (exact) mass is 365 g/mol. The van der Waals surface area contributed by atoms with E-state index in [-0.39, 0.29) is 0 Å². The van der Waals surface area contributed by atoms with E-state index < -0.39 is 41.8 Å². The molecule has 0 radical (unpaired) electrons. The molecule has 3 heterocycles. The van der Waals surface area contributed by atoms with Crippen molar-refractivity contribution in [3.8, 4) is 6.07 Å². The van der Waals surface area contributed by atoms with E-state index in [0.717, 1.165) is 57.8 Å². The van der Waals surface area contributed by atoms with Gasteiger partial charge in [0.2, 0.25) is 5.60 Å². The largest absolute Gasteiger partial charge is 0.371 e. The Morgan fingerprint density at radius 2 is 1.46 bits per heavy atom. The highest BCUT2D eigenvalue weighted by atomic mass is 16.8. The molecule has 3 saturated heterocycles. The van der Waals surface area contributed by atoms with Crippen LogP contribution in [-0.2, 0) is 23.7 Å². The predicted molar refractivity (Wildman–Crippen MR) is 87.6 cm³/mol. The van der Waals surface area contributed by atoms with Crippen LogP contribution in [0, 0.1) is 11.3 Å².